The number of benzene rings is 3. The average Bonchev–Trinajstić information content (AvgIpc) is 3.41. The number of likely N-dealkylation sites (tertiary alicyclic amines) is 1. The number of ether oxygens (including phenoxy) is 3. The van der Waals surface area contributed by atoms with Crippen LogP contribution in [0, 0.1) is 0 Å². The van der Waals surface area contributed by atoms with E-state index in [1.165, 1.54) is 37.3 Å². The van der Waals surface area contributed by atoms with Crippen LogP contribution in [0.25, 0.3) is 10.8 Å². The van der Waals surface area contributed by atoms with Crippen LogP contribution in [-0.4, -0.2) is 58.7 Å². The quantitative estimate of drug-likeness (QED) is 0.320. The number of sulfone groups is 1. The summed E-state index contributed by atoms with van der Waals surface area (Å²) in [6.45, 7) is 3.94. The van der Waals surface area contributed by atoms with Crippen molar-refractivity contribution in [2.45, 2.75) is 25.2 Å². The van der Waals surface area contributed by atoms with Gasteiger partial charge in [-0.3, -0.25) is 4.90 Å². The summed E-state index contributed by atoms with van der Waals surface area (Å²) in [5, 5.41) is 1.94. The minimum absolute atomic E-state index is 0.0615. The molecule has 0 bridgehead atoms. The predicted molar refractivity (Wildman–Crippen MR) is 151 cm³/mol. The second-order valence-electron chi connectivity index (χ2n) is 9.57. The van der Waals surface area contributed by atoms with E-state index in [0.717, 1.165) is 53.2 Å². The molecule has 0 spiro atoms. The molecule has 8 heteroatoms. The standard InChI is InChI=1S/C29H33NO5S2/c1-33-25-11-13-26-21(18-25)6-12-27(22-19-28(36-20-22)37(2,31)32)29(26)35-24-9-7-23(8-10-24)34-17-16-30-14-4-3-5-15-30/h6-13,18-19,22H,3-5,14-17,20H2,1-2H3. The molecule has 196 valence electrons. The summed E-state index contributed by atoms with van der Waals surface area (Å²) >= 11 is 1.38. The van der Waals surface area contributed by atoms with Crippen molar-refractivity contribution in [2.75, 3.05) is 45.4 Å². The molecule has 2 aliphatic heterocycles. The van der Waals surface area contributed by atoms with Gasteiger partial charge in [-0.15, -0.1) is 11.8 Å². The van der Waals surface area contributed by atoms with Crippen molar-refractivity contribution in [1.29, 1.82) is 0 Å². The highest BCUT2D eigenvalue weighted by Gasteiger charge is 2.27. The van der Waals surface area contributed by atoms with Gasteiger partial charge >= 0.3 is 0 Å². The third kappa shape index (κ3) is 6.25. The van der Waals surface area contributed by atoms with Gasteiger partial charge in [0.25, 0.3) is 0 Å². The van der Waals surface area contributed by atoms with E-state index in [4.69, 9.17) is 14.2 Å². The number of hydrogen-bond donors (Lipinski definition) is 0. The smallest absolute Gasteiger partial charge is 0.181 e. The molecule has 1 atom stereocenters. The number of allylic oxidation sites excluding steroid dienone is 1. The van der Waals surface area contributed by atoms with Gasteiger partial charge in [0.2, 0.25) is 0 Å². The maximum absolute atomic E-state index is 12.1. The highest BCUT2D eigenvalue weighted by atomic mass is 32.3. The van der Waals surface area contributed by atoms with E-state index in [1.807, 2.05) is 60.7 Å². The second-order valence-corrected chi connectivity index (χ2v) is 12.9. The monoisotopic (exact) mass is 539 g/mol. The molecule has 0 aliphatic carbocycles. The first-order chi connectivity index (χ1) is 17.9. The number of thioether (sulfide) groups is 1. The first-order valence-corrected chi connectivity index (χ1v) is 15.6. The molecule has 0 aromatic heterocycles. The molecule has 0 radical (unpaired) electrons. The maximum atomic E-state index is 12.1. The number of piperidine rings is 1. The van der Waals surface area contributed by atoms with Crippen LogP contribution in [0.15, 0.2) is 64.9 Å². The number of hydrogen-bond acceptors (Lipinski definition) is 7. The molecule has 37 heavy (non-hydrogen) atoms. The topological polar surface area (TPSA) is 65.1 Å². The zero-order valence-corrected chi connectivity index (χ0v) is 22.9. The van der Waals surface area contributed by atoms with E-state index in [1.54, 1.807) is 7.11 Å². The van der Waals surface area contributed by atoms with Crippen molar-refractivity contribution in [3.05, 3.63) is 70.5 Å². The van der Waals surface area contributed by atoms with E-state index in [9.17, 15) is 8.42 Å². The Morgan fingerprint density at radius 2 is 1.68 bits per heavy atom. The molecule has 0 amide bonds. The predicted octanol–water partition coefficient (Wildman–Crippen LogP) is 6.22. The van der Waals surface area contributed by atoms with Crippen molar-refractivity contribution >= 4 is 32.4 Å². The third-order valence-electron chi connectivity index (χ3n) is 6.88. The van der Waals surface area contributed by atoms with Crippen molar-refractivity contribution in [2.24, 2.45) is 0 Å². The van der Waals surface area contributed by atoms with Crippen LogP contribution in [0.2, 0.25) is 0 Å². The number of nitrogens with zero attached hydrogens (tertiary/aromatic N) is 1. The summed E-state index contributed by atoms with van der Waals surface area (Å²) in [5.74, 6) is 3.62. The molecule has 2 heterocycles. The highest BCUT2D eigenvalue weighted by Crippen LogP contribution is 2.45. The fourth-order valence-electron chi connectivity index (χ4n) is 4.87. The zero-order chi connectivity index (χ0) is 25.8. The lowest BCUT2D eigenvalue weighted by molar-refractivity contribution is 0.183. The van der Waals surface area contributed by atoms with Crippen LogP contribution < -0.4 is 14.2 Å². The minimum Gasteiger partial charge on any atom is -0.497 e. The van der Waals surface area contributed by atoms with Crippen LogP contribution in [0.5, 0.6) is 23.0 Å². The summed E-state index contributed by atoms with van der Waals surface area (Å²) in [4.78, 5) is 2.46. The molecule has 3 aromatic carbocycles. The van der Waals surface area contributed by atoms with E-state index >= 15 is 0 Å². The molecular weight excluding hydrogens is 506 g/mol. The van der Waals surface area contributed by atoms with Gasteiger partial charge < -0.3 is 14.2 Å². The Morgan fingerprint density at radius 1 is 0.946 bits per heavy atom. The highest BCUT2D eigenvalue weighted by molar-refractivity contribution is 8.18. The van der Waals surface area contributed by atoms with Gasteiger partial charge in [0.1, 0.15) is 29.6 Å². The second kappa shape index (κ2) is 11.4. The molecule has 1 saturated heterocycles. The van der Waals surface area contributed by atoms with Crippen LogP contribution in [0.3, 0.4) is 0 Å². The molecular formula is C29H33NO5S2. The fraction of sp³-hybridized carbons (Fsp3) is 0.379. The summed E-state index contributed by atoms with van der Waals surface area (Å²) in [6, 6.07) is 17.7. The molecule has 1 fully saturated rings. The molecule has 3 aromatic rings. The molecule has 6 nitrogen and oxygen atoms in total. The number of methoxy groups -OCH3 is 1. The van der Waals surface area contributed by atoms with Gasteiger partial charge in [-0.05, 0) is 73.8 Å². The van der Waals surface area contributed by atoms with Crippen LogP contribution in [0.4, 0.5) is 0 Å². The lowest BCUT2D eigenvalue weighted by Gasteiger charge is -2.26. The Balaban J connectivity index is 1.38. The van der Waals surface area contributed by atoms with Crippen LogP contribution in [0.1, 0.15) is 30.7 Å². The molecule has 0 N–H and O–H groups in total. The van der Waals surface area contributed by atoms with Gasteiger partial charge in [-0.25, -0.2) is 8.42 Å². The van der Waals surface area contributed by atoms with Gasteiger partial charge in [0, 0.05) is 35.4 Å². The average molecular weight is 540 g/mol. The molecule has 5 rings (SSSR count). The lowest BCUT2D eigenvalue weighted by Crippen LogP contribution is -2.33. The van der Waals surface area contributed by atoms with Crippen LogP contribution >= 0.6 is 11.8 Å². The van der Waals surface area contributed by atoms with Crippen molar-refractivity contribution < 1.29 is 22.6 Å². The Bertz CT molecular complexity index is 1380. The Morgan fingerprint density at radius 3 is 2.38 bits per heavy atom. The van der Waals surface area contributed by atoms with Crippen molar-refractivity contribution in [1.82, 2.24) is 4.90 Å². The summed E-state index contributed by atoms with van der Waals surface area (Å²) in [6.07, 6.45) is 6.99. The van der Waals surface area contributed by atoms with Gasteiger partial charge in [0.15, 0.2) is 9.84 Å². The van der Waals surface area contributed by atoms with E-state index in [-0.39, 0.29) is 5.92 Å². The van der Waals surface area contributed by atoms with E-state index in [0.29, 0.717) is 22.3 Å². The summed E-state index contributed by atoms with van der Waals surface area (Å²) in [7, 11) is -1.59. The zero-order valence-electron chi connectivity index (χ0n) is 21.3. The fourth-order valence-corrected chi connectivity index (χ4v) is 7.22. The van der Waals surface area contributed by atoms with Gasteiger partial charge in [0.05, 0.1) is 11.3 Å². The Labute approximate surface area is 223 Å². The van der Waals surface area contributed by atoms with Crippen LogP contribution in [-0.2, 0) is 9.84 Å². The normalized spacial score (nSPS) is 18.5. The Kier molecular flexibility index (Phi) is 7.98. The molecule has 0 saturated carbocycles. The molecule has 1 unspecified atom stereocenters. The SMILES string of the molecule is COc1ccc2c(Oc3ccc(OCCN4CCCCC4)cc3)c(C3C=C(S(C)(=O)=O)SC3)ccc2c1. The summed E-state index contributed by atoms with van der Waals surface area (Å²) < 4.78 is 42.5. The first kappa shape index (κ1) is 25.9. The third-order valence-corrected chi connectivity index (χ3v) is 9.96. The molecule has 2 aliphatic rings. The van der Waals surface area contributed by atoms with Gasteiger partial charge in [-0.1, -0.05) is 24.6 Å². The van der Waals surface area contributed by atoms with Crippen molar-refractivity contribution in [3.63, 3.8) is 0 Å². The maximum Gasteiger partial charge on any atom is 0.181 e. The number of rotatable bonds is 9. The van der Waals surface area contributed by atoms with E-state index < -0.39 is 9.84 Å². The van der Waals surface area contributed by atoms with Crippen molar-refractivity contribution in [3.8, 4) is 23.0 Å². The minimum atomic E-state index is -3.24. The van der Waals surface area contributed by atoms with E-state index in [2.05, 4.69) is 4.90 Å². The first-order valence-electron chi connectivity index (χ1n) is 12.7. The Hall–Kier alpha value is -2.68. The summed E-state index contributed by atoms with van der Waals surface area (Å²) in [5.41, 5.74) is 0.964. The lowest BCUT2D eigenvalue weighted by atomic mass is 9.96. The number of fused-ring (bicyclic) bond motifs is 1. The largest absolute Gasteiger partial charge is 0.497 e. The van der Waals surface area contributed by atoms with Gasteiger partial charge in [-0.2, -0.15) is 0 Å².